The molecule has 5 heteroatoms. The van der Waals surface area contributed by atoms with Crippen molar-refractivity contribution >= 4 is 29.4 Å². The molecule has 1 heterocycles. The maximum atomic E-state index is 12.1. The maximum absolute atomic E-state index is 12.1. The van der Waals surface area contributed by atoms with E-state index in [1.807, 2.05) is 22.9 Å². The summed E-state index contributed by atoms with van der Waals surface area (Å²) in [5, 5.41) is 0.519. The number of carbonyl (C=O) groups excluding carboxylic acids is 1. The molecule has 1 amide bonds. The van der Waals surface area contributed by atoms with Crippen LogP contribution in [0.5, 0.6) is 0 Å². The number of rotatable bonds is 4. The lowest BCUT2D eigenvalue weighted by Crippen LogP contribution is -2.53. The van der Waals surface area contributed by atoms with Crippen LogP contribution in [0.2, 0.25) is 0 Å². The summed E-state index contributed by atoms with van der Waals surface area (Å²) >= 11 is 3.68. The van der Waals surface area contributed by atoms with Gasteiger partial charge < -0.3 is 10.6 Å². The third-order valence-corrected chi connectivity index (χ3v) is 5.10. The lowest BCUT2D eigenvalue weighted by molar-refractivity contribution is -0.134. The van der Waals surface area contributed by atoms with Gasteiger partial charge in [-0.05, 0) is 25.4 Å². The topological polar surface area (TPSA) is 46.3 Å². The Balaban J connectivity index is 2.51. The van der Waals surface area contributed by atoms with E-state index in [0.29, 0.717) is 11.3 Å². The van der Waals surface area contributed by atoms with Gasteiger partial charge in [-0.2, -0.15) is 23.5 Å². The Bertz CT molecular complexity index is 238. The fourth-order valence-electron chi connectivity index (χ4n) is 1.83. The summed E-state index contributed by atoms with van der Waals surface area (Å²) in [5.41, 5.74) is 5.93. The van der Waals surface area contributed by atoms with Gasteiger partial charge in [0.05, 0.1) is 6.04 Å². The molecular formula is C11H22N2OS2. The molecule has 0 radical (unpaired) electrons. The van der Waals surface area contributed by atoms with Crippen molar-refractivity contribution in [1.82, 2.24) is 4.90 Å². The molecule has 0 aromatic rings. The average molecular weight is 262 g/mol. The monoisotopic (exact) mass is 262 g/mol. The first kappa shape index (κ1) is 14.2. The van der Waals surface area contributed by atoms with E-state index in [-0.39, 0.29) is 11.9 Å². The first-order chi connectivity index (χ1) is 7.57. The van der Waals surface area contributed by atoms with Crippen LogP contribution in [-0.4, -0.2) is 52.4 Å². The molecule has 0 spiro atoms. The lowest BCUT2D eigenvalue weighted by atomic mass is 10.1. The molecule has 3 atom stereocenters. The smallest absolute Gasteiger partial charge is 0.239 e. The maximum Gasteiger partial charge on any atom is 0.239 e. The standard InChI is InChI=1S/C11H22N2OS2/c1-8-9(2)16-7-5-13(8)11(14)10(12)4-6-15-3/h8-10H,4-7,12H2,1-3H3/t8?,9?,10-/m0/s1. The van der Waals surface area contributed by atoms with Crippen molar-refractivity contribution in [3.8, 4) is 0 Å². The molecule has 2 N–H and O–H groups in total. The highest BCUT2D eigenvalue weighted by atomic mass is 32.2. The predicted octanol–water partition coefficient (Wildman–Crippen LogP) is 1.42. The molecule has 0 saturated carbocycles. The van der Waals surface area contributed by atoms with E-state index in [1.54, 1.807) is 11.8 Å². The van der Waals surface area contributed by atoms with E-state index in [9.17, 15) is 4.79 Å². The molecule has 1 saturated heterocycles. The Morgan fingerprint density at radius 1 is 1.62 bits per heavy atom. The predicted molar refractivity (Wildman–Crippen MR) is 74.1 cm³/mol. The minimum absolute atomic E-state index is 0.133. The zero-order valence-corrected chi connectivity index (χ0v) is 11.9. The number of hydrogen-bond donors (Lipinski definition) is 1. The SMILES string of the molecule is CSCC[C@H](N)C(=O)N1CCSC(C)C1C. The molecule has 1 fully saturated rings. The second-order valence-corrected chi connectivity index (χ2v) is 6.71. The van der Waals surface area contributed by atoms with E-state index in [2.05, 4.69) is 13.8 Å². The molecular weight excluding hydrogens is 240 g/mol. The normalized spacial score (nSPS) is 27.9. The van der Waals surface area contributed by atoms with Crippen LogP contribution in [-0.2, 0) is 4.79 Å². The molecule has 0 bridgehead atoms. The van der Waals surface area contributed by atoms with Gasteiger partial charge in [-0.1, -0.05) is 6.92 Å². The van der Waals surface area contributed by atoms with Crippen LogP contribution in [0.1, 0.15) is 20.3 Å². The highest BCUT2D eigenvalue weighted by Crippen LogP contribution is 2.24. The molecule has 1 aliphatic rings. The average Bonchev–Trinajstić information content (AvgIpc) is 2.28. The van der Waals surface area contributed by atoms with Gasteiger partial charge in [-0.15, -0.1) is 0 Å². The number of carbonyl (C=O) groups is 1. The number of amides is 1. The zero-order chi connectivity index (χ0) is 12.1. The van der Waals surface area contributed by atoms with Crippen molar-refractivity contribution in [1.29, 1.82) is 0 Å². The van der Waals surface area contributed by atoms with Crippen LogP contribution in [0.15, 0.2) is 0 Å². The summed E-state index contributed by atoms with van der Waals surface area (Å²) in [5.74, 6) is 2.13. The molecule has 2 unspecified atom stereocenters. The van der Waals surface area contributed by atoms with Gasteiger partial charge in [0.15, 0.2) is 0 Å². The molecule has 1 rings (SSSR count). The van der Waals surface area contributed by atoms with Gasteiger partial charge in [0.25, 0.3) is 0 Å². The molecule has 3 nitrogen and oxygen atoms in total. The van der Waals surface area contributed by atoms with Crippen molar-refractivity contribution in [2.75, 3.05) is 24.3 Å². The molecule has 0 aromatic heterocycles. The molecule has 1 aliphatic heterocycles. The van der Waals surface area contributed by atoms with E-state index in [4.69, 9.17) is 5.73 Å². The number of thioether (sulfide) groups is 2. The minimum atomic E-state index is -0.315. The van der Waals surface area contributed by atoms with Crippen molar-refractivity contribution in [3.05, 3.63) is 0 Å². The highest BCUT2D eigenvalue weighted by Gasteiger charge is 2.31. The number of hydrogen-bond acceptors (Lipinski definition) is 4. The second-order valence-electron chi connectivity index (χ2n) is 4.24. The Kier molecular flexibility index (Phi) is 6.00. The van der Waals surface area contributed by atoms with Gasteiger partial charge in [0.1, 0.15) is 0 Å². The Labute approximate surface area is 107 Å². The van der Waals surface area contributed by atoms with Crippen molar-refractivity contribution in [2.45, 2.75) is 37.6 Å². The molecule has 94 valence electrons. The third-order valence-electron chi connectivity index (χ3n) is 3.12. The van der Waals surface area contributed by atoms with Crippen LogP contribution in [0.25, 0.3) is 0 Å². The van der Waals surface area contributed by atoms with E-state index >= 15 is 0 Å². The molecule has 0 aromatic carbocycles. The van der Waals surface area contributed by atoms with Crippen LogP contribution in [0.3, 0.4) is 0 Å². The van der Waals surface area contributed by atoms with Crippen molar-refractivity contribution < 1.29 is 4.79 Å². The first-order valence-corrected chi connectivity index (χ1v) is 8.18. The quantitative estimate of drug-likeness (QED) is 0.832. The summed E-state index contributed by atoms with van der Waals surface area (Å²) in [6.45, 7) is 5.15. The van der Waals surface area contributed by atoms with Crippen LogP contribution in [0.4, 0.5) is 0 Å². The Morgan fingerprint density at radius 3 is 2.94 bits per heavy atom. The van der Waals surface area contributed by atoms with E-state index in [1.165, 1.54) is 0 Å². The minimum Gasteiger partial charge on any atom is -0.337 e. The summed E-state index contributed by atoms with van der Waals surface area (Å²) < 4.78 is 0. The second kappa shape index (κ2) is 6.77. The molecule has 16 heavy (non-hydrogen) atoms. The zero-order valence-electron chi connectivity index (χ0n) is 10.3. The Hall–Kier alpha value is 0.130. The Morgan fingerprint density at radius 2 is 2.31 bits per heavy atom. The van der Waals surface area contributed by atoms with Crippen LogP contribution >= 0.6 is 23.5 Å². The first-order valence-electron chi connectivity index (χ1n) is 5.74. The van der Waals surface area contributed by atoms with Crippen molar-refractivity contribution in [2.24, 2.45) is 5.73 Å². The summed E-state index contributed by atoms with van der Waals surface area (Å²) in [7, 11) is 0. The van der Waals surface area contributed by atoms with Gasteiger partial charge in [0, 0.05) is 23.6 Å². The highest BCUT2D eigenvalue weighted by molar-refractivity contribution is 8.00. The fourth-order valence-corrected chi connectivity index (χ4v) is 3.41. The van der Waals surface area contributed by atoms with Gasteiger partial charge >= 0.3 is 0 Å². The lowest BCUT2D eigenvalue weighted by Gasteiger charge is -2.38. The number of nitrogens with zero attached hydrogens (tertiary/aromatic N) is 1. The third kappa shape index (κ3) is 3.57. The summed E-state index contributed by atoms with van der Waals surface area (Å²) in [4.78, 5) is 14.1. The fraction of sp³-hybridized carbons (Fsp3) is 0.909. The van der Waals surface area contributed by atoms with Crippen LogP contribution in [0, 0.1) is 0 Å². The van der Waals surface area contributed by atoms with Crippen molar-refractivity contribution in [3.63, 3.8) is 0 Å². The largest absolute Gasteiger partial charge is 0.337 e. The number of nitrogens with two attached hydrogens (primary N) is 1. The van der Waals surface area contributed by atoms with E-state index in [0.717, 1.165) is 24.5 Å². The summed E-state index contributed by atoms with van der Waals surface area (Å²) in [6, 6.07) is -0.00298. The van der Waals surface area contributed by atoms with E-state index < -0.39 is 0 Å². The van der Waals surface area contributed by atoms with Gasteiger partial charge in [-0.3, -0.25) is 4.79 Å². The molecule has 0 aliphatic carbocycles. The van der Waals surface area contributed by atoms with Gasteiger partial charge in [-0.25, -0.2) is 0 Å². The van der Waals surface area contributed by atoms with Gasteiger partial charge in [0.2, 0.25) is 5.91 Å². The van der Waals surface area contributed by atoms with Crippen LogP contribution < -0.4 is 5.73 Å². The summed E-state index contributed by atoms with van der Waals surface area (Å²) in [6.07, 6.45) is 2.82.